The summed E-state index contributed by atoms with van der Waals surface area (Å²) in [5.41, 5.74) is -0.385. The summed E-state index contributed by atoms with van der Waals surface area (Å²) in [6.45, 7) is 2.12. The summed E-state index contributed by atoms with van der Waals surface area (Å²) in [4.78, 5) is 25.1. The number of hydrogen-bond donors (Lipinski definition) is 2. The average Bonchev–Trinajstić information content (AvgIpc) is 2.74. The first-order chi connectivity index (χ1) is 8.97. The van der Waals surface area contributed by atoms with Gasteiger partial charge in [-0.2, -0.15) is 0 Å². The largest absolute Gasteiger partial charge is 0.477 e. The Balaban J connectivity index is 2.27. The molecule has 1 aliphatic carbocycles. The van der Waals surface area contributed by atoms with E-state index in [1.165, 1.54) is 6.07 Å². The van der Waals surface area contributed by atoms with Gasteiger partial charge in [-0.15, -0.1) is 0 Å². The lowest BCUT2D eigenvalue weighted by Crippen LogP contribution is -2.18. The van der Waals surface area contributed by atoms with Crippen molar-refractivity contribution >= 4 is 17.5 Å². The molecule has 102 valence electrons. The molecular formula is C12H15N3O4. The zero-order valence-electron chi connectivity index (χ0n) is 10.5. The lowest BCUT2D eigenvalue weighted by atomic mass is 10.1. The first kappa shape index (κ1) is 13.3. The predicted octanol–water partition coefficient (Wildman–Crippen LogP) is 2.29. The van der Waals surface area contributed by atoms with Crippen LogP contribution in [-0.2, 0) is 0 Å². The van der Waals surface area contributed by atoms with Gasteiger partial charge in [0.15, 0.2) is 5.69 Å². The summed E-state index contributed by atoms with van der Waals surface area (Å²) in [5.74, 6) is -0.582. The molecule has 2 rings (SSSR count). The maximum absolute atomic E-state index is 10.9. The SMILES string of the molecule is CC1CCC(Nc2nc(C(=O)O)ccc2[N+](=O)[O-])C1. The van der Waals surface area contributed by atoms with Crippen LogP contribution in [0.5, 0.6) is 0 Å². The summed E-state index contributed by atoms with van der Waals surface area (Å²) in [6.07, 6.45) is 2.89. The number of aromatic carboxylic acids is 1. The van der Waals surface area contributed by atoms with Crippen LogP contribution in [0.3, 0.4) is 0 Å². The van der Waals surface area contributed by atoms with Crippen molar-refractivity contribution in [2.24, 2.45) is 5.92 Å². The van der Waals surface area contributed by atoms with Gasteiger partial charge in [0.05, 0.1) is 4.92 Å². The molecule has 7 heteroatoms. The number of aromatic nitrogens is 1. The Morgan fingerprint density at radius 1 is 1.53 bits per heavy atom. The molecule has 1 heterocycles. The normalized spacial score (nSPS) is 22.2. The van der Waals surface area contributed by atoms with Crippen LogP contribution >= 0.6 is 0 Å². The fourth-order valence-corrected chi connectivity index (χ4v) is 2.36. The molecule has 1 saturated carbocycles. The average molecular weight is 265 g/mol. The van der Waals surface area contributed by atoms with Gasteiger partial charge < -0.3 is 10.4 Å². The van der Waals surface area contributed by atoms with Crippen molar-refractivity contribution in [2.75, 3.05) is 5.32 Å². The zero-order valence-corrected chi connectivity index (χ0v) is 10.5. The molecule has 2 atom stereocenters. The molecule has 0 spiro atoms. The summed E-state index contributed by atoms with van der Waals surface area (Å²) in [7, 11) is 0. The first-order valence-corrected chi connectivity index (χ1v) is 6.12. The highest BCUT2D eigenvalue weighted by atomic mass is 16.6. The van der Waals surface area contributed by atoms with E-state index in [2.05, 4.69) is 17.2 Å². The van der Waals surface area contributed by atoms with Crippen molar-refractivity contribution in [2.45, 2.75) is 32.2 Å². The highest BCUT2D eigenvalue weighted by Gasteiger charge is 2.25. The molecule has 0 bridgehead atoms. The minimum absolute atomic E-state index is 0.0454. The summed E-state index contributed by atoms with van der Waals surface area (Å²) < 4.78 is 0. The van der Waals surface area contributed by atoms with Crippen LogP contribution in [0.25, 0.3) is 0 Å². The molecule has 7 nitrogen and oxygen atoms in total. The quantitative estimate of drug-likeness (QED) is 0.639. The van der Waals surface area contributed by atoms with Gasteiger partial charge >= 0.3 is 11.7 Å². The summed E-state index contributed by atoms with van der Waals surface area (Å²) >= 11 is 0. The number of carbonyl (C=O) groups is 1. The minimum atomic E-state index is -1.20. The fraction of sp³-hybridized carbons (Fsp3) is 0.500. The van der Waals surface area contributed by atoms with Crippen molar-refractivity contribution in [3.8, 4) is 0 Å². The molecule has 0 saturated heterocycles. The monoisotopic (exact) mass is 265 g/mol. The highest BCUT2D eigenvalue weighted by Crippen LogP contribution is 2.30. The van der Waals surface area contributed by atoms with E-state index < -0.39 is 10.9 Å². The maximum atomic E-state index is 10.9. The molecule has 0 radical (unpaired) electrons. The number of nitrogens with zero attached hydrogens (tertiary/aromatic N) is 2. The van der Waals surface area contributed by atoms with Crippen LogP contribution in [0.4, 0.5) is 11.5 Å². The third-order valence-electron chi connectivity index (χ3n) is 3.33. The van der Waals surface area contributed by atoms with Gasteiger partial charge in [-0.25, -0.2) is 9.78 Å². The van der Waals surface area contributed by atoms with Crippen LogP contribution < -0.4 is 5.32 Å². The van der Waals surface area contributed by atoms with Crippen LogP contribution in [0, 0.1) is 16.0 Å². The van der Waals surface area contributed by atoms with E-state index in [0.29, 0.717) is 5.92 Å². The lowest BCUT2D eigenvalue weighted by Gasteiger charge is -2.13. The van der Waals surface area contributed by atoms with E-state index in [1.54, 1.807) is 0 Å². The number of nitro groups is 1. The molecule has 0 aromatic carbocycles. The molecule has 1 fully saturated rings. The molecule has 1 aromatic heterocycles. The number of rotatable bonds is 4. The summed E-state index contributed by atoms with van der Waals surface area (Å²) in [6, 6.07) is 2.44. The Bertz CT molecular complexity index is 518. The van der Waals surface area contributed by atoms with Crippen molar-refractivity contribution in [3.63, 3.8) is 0 Å². The van der Waals surface area contributed by atoms with Gasteiger partial charge in [0.25, 0.3) is 0 Å². The van der Waals surface area contributed by atoms with E-state index in [9.17, 15) is 14.9 Å². The van der Waals surface area contributed by atoms with Gasteiger partial charge in [-0.1, -0.05) is 6.92 Å². The van der Waals surface area contributed by atoms with Gasteiger partial charge in [-0.3, -0.25) is 10.1 Å². The number of nitrogens with one attached hydrogen (secondary N) is 1. The number of carboxylic acid groups (broad SMARTS) is 1. The first-order valence-electron chi connectivity index (χ1n) is 6.12. The summed E-state index contributed by atoms with van der Waals surface area (Å²) in [5, 5.41) is 22.8. The van der Waals surface area contributed by atoms with Gasteiger partial charge in [0, 0.05) is 12.1 Å². The number of hydrogen-bond acceptors (Lipinski definition) is 5. The molecule has 2 unspecified atom stereocenters. The Labute approximate surface area is 109 Å². The lowest BCUT2D eigenvalue weighted by molar-refractivity contribution is -0.384. The Morgan fingerprint density at radius 3 is 2.79 bits per heavy atom. The van der Waals surface area contributed by atoms with E-state index in [1.807, 2.05) is 0 Å². The van der Waals surface area contributed by atoms with Crippen LogP contribution in [-0.4, -0.2) is 27.0 Å². The Hall–Kier alpha value is -2.18. The van der Waals surface area contributed by atoms with Crippen molar-refractivity contribution < 1.29 is 14.8 Å². The fourth-order valence-electron chi connectivity index (χ4n) is 2.36. The Morgan fingerprint density at radius 2 is 2.26 bits per heavy atom. The van der Waals surface area contributed by atoms with Gasteiger partial charge in [0.2, 0.25) is 5.82 Å². The van der Waals surface area contributed by atoms with E-state index in [4.69, 9.17) is 5.11 Å². The van der Waals surface area contributed by atoms with Crippen molar-refractivity contribution in [3.05, 3.63) is 27.9 Å². The molecule has 1 aromatic rings. The molecule has 2 N–H and O–H groups in total. The second-order valence-electron chi connectivity index (χ2n) is 4.89. The Kier molecular flexibility index (Phi) is 3.64. The van der Waals surface area contributed by atoms with Crippen molar-refractivity contribution in [1.29, 1.82) is 0 Å². The van der Waals surface area contributed by atoms with E-state index in [-0.39, 0.29) is 23.2 Å². The smallest absolute Gasteiger partial charge is 0.354 e. The molecule has 0 amide bonds. The van der Waals surface area contributed by atoms with E-state index in [0.717, 1.165) is 25.3 Å². The van der Waals surface area contributed by atoms with Crippen LogP contribution in [0.1, 0.15) is 36.7 Å². The second kappa shape index (κ2) is 5.21. The highest BCUT2D eigenvalue weighted by molar-refractivity contribution is 5.86. The van der Waals surface area contributed by atoms with Crippen LogP contribution in [0.15, 0.2) is 12.1 Å². The minimum Gasteiger partial charge on any atom is -0.477 e. The number of anilines is 1. The van der Waals surface area contributed by atoms with Crippen LogP contribution in [0.2, 0.25) is 0 Å². The standard InChI is InChI=1S/C12H15N3O4/c1-7-2-3-8(6-7)13-11-10(15(18)19)5-4-9(14-11)12(16)17/h4-5,7-8H,2-3,6H2,1H3,(H,13,14)(H,16,17). The zero-order chi connectivity index (χ0) is 14.0. The van der Waals surface area contributed by atoms with Crippen molar-refractivity contribution in [1.82, 2.24) is 4.98 Å². The van der Waals surface area contributed by atoms with Gasteiger partial charge in [-0.05, 0) is 31.2 Å². The molecular weight excluding hydrogens is 250 g/mol. The predicted molar refractivity (Wildman–Crippen MR) is 68.3 cm³/mol. The maximum Gasteiger partial charge on any atom is 0.354 e. The van der Waals surface area contributed by atoms with E-state index >= 15 is 0 Å². The third-order valence-corrected chi connectivity index (χ3v) is 3.33. The topological polar surface area (TPSA) is 105 Å². The molecule has 1 aliphatic rings. The second-order valence-corrected chi connectivity index (χ2v) is 4.89. The third kappa shape index (κ3) is 2.98. The number of carboxylic acids is 1. The van der Waals surface area contributed by atoms with Gasteiger partial charge in [0.1, 0.15) is 0 Å². The molecule has 19 heavy (non-hydrogen) atoms. The molecule has 0 aliphatic heterocycles. The number of pyridine rings is 1.